The Balaban J connectivity index is 2.87. The first-order valence-electron chi connectivity index (χ1n) is 5.57. The van der Waals surface area contributed by atoms with Gasteiger partial charge in [-0.25, -0.2) is 0 Å². The summed E-state index contributed by atoms with van der Waals surface area (Å²) >= 11 is 0. The van der Waals surface area contributed by atoms with Gasteiger partial charge in [0, 0.05) is 11.6 Å². The maximum atomic E-state index is 8.74. The largest absolute Gasteiger partial charge is 0.476 e. The molecule has 0 heterocycles. The van der Waals surface area contributed by atoms with Gasteiger partial charge in [0.15, 0.2) is 6.10 Å². The van der Waals surface area contributed by atoms with Crippen LogP contribution in [0, 0.1) is 11.3 Å². The molecule has 0 spiro atoms. The molecular formula is C13H18N2O. The highest BCUT2D eigenvalue weighted by Crippen LogP contribution is 2.25. The first kappa shape index (κ1) is 12.5. The van der Waals surface area contributed by atoms with Crippen molar-refractivity contribution >= 4 is 0 Å². The van der Waals surface area contributed by atoms with E-state index in [-0.39, 0.29) is 6.04 Å². The number of nitriles is 1. The molecule has 0 radical (unpaired) electrons. The van der Waals surface area contributed by atoms with Gasteiger partial charge in [-0.2, -0.15) is 5.26 Å². The monoisotopic (exact) mass is 218 g/mol. The fourth-order valence-electron chi connectivity index (χ4n) is 1.58. The lowest BCUT2D eigenvalue weighted by molar-refractivity contribution is 0.271. The van der Waals surface area contributed by atoms with Crippen molar-refractivity contribution in [2.24, 2.45) is 0 Å². The average molecular weight is 218 g/mol. The minimum Gasteiger partial charge on any atom is -0.476 e. The second-order valence-corrected chi connectivity index (χ2v) is 3.71. The molecule has 3 nitrogen and oxygen atoms in total. The van der Waals surface area contributed by atoms with Gasteiger partial charge in [0.2, 0.25) is 0 Å². The van der Waals surface area contributed by atoms with Gasteiger partial charge in [0.25, 0.3) is 0 Å². The first-order valence-corrected chi connectivity index (χ1v) is 5.57. The summed E-state index contributed by atoms with van der Waals surface area (Å²) in [6.45, 7) is 6.80. The quantitative estimate of drug-likeness (QED) is 0.826. The van der Waals surface area contributed by atoms with E-state index in [9.17, 15) is 0 Å². The van der Waals surface area contributed by atoms with E-state index >= 15 is 0 Å². The zero-order chi connectivity index (χ0) is 12.0. The Hall–Kier alpha value is -1.53. The molecule has 0 saturated heterocycles. The summed E-state index contributed by atoms with van der Waals surface area (Å²) in [4.78, 5) is 0. The molecule has 0 saturated carbocycles. The van der Waals surface area contributed by atoms with Crippen LogP contribution < -0.4 is 10.1 Å². The SMILES string of the molecule is CCNC(C)c1ccccc1OC(C)C#N. The predicted octanol–water partition coefficient (Wildman–Crippen LogP) is 2.65. The first-order chi connectivity index (χ1) is 7.69. The van der Waals surface area contributed by atoms with Crippen molar-refractivity contribution in [3.63, 3.8) is 0 Å². The summed E-state index contributed by atoms with van der Waals surface area (Å²) in [5.74, 6) is 0.782. The molecule has 3 heteroatoms. The lowest BCUT2D eigenvalue weighted by Gasteiger charge is -2.18. The van der Waals surface area contributed by atoms with Crippen LogP contribution in [-0.4, -0.2) is 12.6 Å². The van der Waals surface area contributed by atoms with Gasteiger partial charge in [0.1, 0.15) is 11.8 Å². The van der Waals surface area contributed by atoms with E-state index in [1.165, 1.54) is 0 Å². The van der Waals surface area contributed by atoms with Crippen LogP contribution >= 0.6 is 0 Å². The van der Waals surface area contributed by atoms with Crippen LogP contribution in [0.25, 0.3) is 0 Å². The van der Waals surface area contributed by atoms with Crippen LogP contribution in [0.4, 0.5) is 0 Å². The van der Waals surface area contributed by atoms with Gasteiger partial charge in [-0.1, -0.05) is 25.1 Å². The molecule has 0 aromatic heterocycles. The lowest BCUT2D eigenvalue weighted by atomic mass is 10.1. The highest BCUT2D eigenvalue weighted by molar-refractivity contribution is 5.36. The molecule has 0 aliphatic heterocycles. The number of ether oxygens (including phenoxy) is 1. The Labute approximate surface area is 97.0 Å². The lowest BCUT2D eigenvalue weighted by Crippen LogP contribution is -2.19. The molecule has 0 bridgehead atoms. The molecule has 0 fully saturated rings. The molecule has 1 aromatic carbocycles. The summed E-state index contributed by atoms with van der Waals surface area (Å²) < 4.78 is 5.56. The molecule has 0 aliphatic carbocycles. The van der Waals surface area contributed by atoms with E-state index in [1.54, 1.807) is 6.92 Å². The number of benzene rings is 1. The Bertz CT molecular complexity index is 370. The smallest absolute Gasteiger partial charge is 0.181 e. The molecule has 1 rings (SSSR count). The summed E-state index contributed by atoms with van der Waals surface area (Å²) in [5.41, 5.74) is 1.09. The van der Waals surface area contributed by atoms with E-state index < -0.39 is 6.10 Å². The van der Waals surface area contributed by atoms with Crippen molar-refractivity contribution in [1.29, 1.82) is 5.26 Å². The Morgan fingerprint density at radius 3 is 2.69 bits per heavy atom. The molecule has 0 aliphatic rings. The van der Waals surface area contributed by atoms with Gasteiger partial charge in [-0.15, -0.1) is 0 Å². The summed E-state index contributed by atoms with van der Waals surface area (Å²) in [6.07, 6.45) is -0.421. The van der Waals surface area contributed by atoms with Crippen molar-refractivity contribution in [1.82, 2.24) is 5.32 Å². The van der Waals surface area contributed by atoms with E-state index in [0.29, 0.717) is 0 Å². The van der Waals surface area contributed by atoms with Crippen LogP contribution in [-0.2, 0) is 0 Å². The van der Waals surface area contributed by atoms with Crippen LogP contribution in [0.2, 0.25) is 0 Å². The standard InChI is InChI=1S/C13H18N2O/c1-4-15-11(3)12-7-5-6-8-13(12)16-10(2)9-14/h5-8,10-11,15H,4H2,1-3H3. The summed E-state index contributed by atoms with van der Waals surface area (Å²) in [5, 5.41) is 12.1. The third-order valence-electron chi connectivity index (χ3n) is 2.38. The fourth-order valence-corrected chi connectivity index (χ4v) is 1.58. The van der Waals surface area contributed by atoms with Crippen LogP contribution in [0.5, 0.6) is 5.75 Å². The zero-order valence-electron chi connectivity index (χ0n) is 10.0. The second kappa shape index (κ2) is 6.14. The van der Waals surface area contributed by atoms with Crippen molar-refractivity contribution in [2.45, 2.75) is 32.9 Å². The molecule has 2 atom stereocenters. The van der Waals surface area contributed by atoms with Crippen LogP contribution in [0.3, 0.4) is 0 Å². The topological polar surface area (TPSA) is 45.0 Å². The van der Waals surface area contributed by atoms with E-state index in [0.717, 1.165) is 17.9 Å². The third kappa shape index (κ3) is 3.25. The maximum Gasteiger partial charge on any atom is 0.181 e. The molecular weight excluding hydrogens is 200 g/mol. The highest BCUT2D eigenvalue weighted by Gasteiger charge is 2.11. The minimum absolute atomic E-state index is 0.229. The van der Waals surface area contributed by atoms with E-state index in [4.69, 9.17) is 10.00 Å². The normalized spacial score (nSPS) is 13.9. The number of hydrogen-bond donors (Lipinski definition) is 1. The number of para-hydroxylation sites is 1. The van der Waals surface area contributed by atoms with Crippen LogP contribution in [0.15, 0.2) is 24.3 Å². The van der Waals surface area contributed by atoms with Crippen molar-refractivity contribution in [3.05, 3.63) is 29.8 Å². The number of nitrogens with one attached hydrogen (secondary N) is 1. The molecule has 86 valence electrons. The molecule has 0 amide bonds. The average Bonchev–Trinajstić information content (AvgIpc) is 2.30. The van der Waals surface area contributed by atoms with E-state index in [2.05, 4.69) is 25.2 Å². The number of hydrogen-bond acceptors (Lipinski definition) is 3. The summed E-state index contributed by atoms with van der Waals surface area (Å²) in [6, 6.07) is 10.1. The molecule has 1 N–H and O–H groups in total. The second-order valence-electron chi connectivity index (χ2n) is 3.71. The van der Waals surface area contributed by atoms with Crippen molar-refractivity contribution < 1.29 is 4.74 Å². The fraction of sp³-hybridized carbons (Fsp3) is 0.462. The van der Waals surface area contributed by atoms with Crippen molar-refractivity contribution in [3.8, 4) is 11.8 Å². The van der Waals surface area contributed by atoms with Gasteiger partial charge < -0.3 is 10.1 Å². The minimum atomic E-state index is -0.421. The third-order valence-corrected chi connectivity index (χ3v) is 2.38. The maximum absolute atomic E-state index is 8.74. The van der Waals surface area contributed by atoms with Crippen molar-refractivity contribution in [2.75, 3.05) is 6.54 Å². The van der Waals surface area contributed by atoms with Gasteiger partial charge in [-0.05, 0) is 26.5 Å². The van der Waals surface area contributed by atoms with E-state index in [1.807, 2.05) is 24.3 Å². The highest BCUT2D eigenvalue weighted by atomic mass is 16.5. The van der Waals surface area contributed by atoms with Gasteiger partial charge >= 0.3 is 0 Å². The Kier molecular flexibility index (Phi) is 4.81. The molecule has 1 aromatic rings. The number of rotatable bonds is 5. The zero-order valence-corrected chi connectivity index (χ0v) is 10.0. The Morgan fingerprint density at radius 2 is 2.06 bits per heavy atom. The molecule has 2 unspecified atom stereocenters. The molecule has 16 heavy (non-hydrogen) atoms. The Morgan fingerprint density at radius 1 is 1.38 bits per heavy atom. The predicted molar refractivity (Wildman–Crippen MR) is 64.2 cm³/mol. The van der Waals surface area contributed by atoms with Gasteiger partial charge in [-0.3, -0.25) is 0 Å². The number of nitrogens with zero attached hydrogens (tertiary/aromatic N) is 1. The van der Waals surface area contributed by atoms with Gasteiger partial charge in [0.05, 0.1) is 0 Å². The summed E-state index contributed by atoms with van der Waals surface area (Å²) in [7, 11) is 0. The van der Waals surface area contributed by atoms with Crippen LogP contribution in [0.1, 0.15) is 32.4 Å².